The van der Waals surface area contributed by atoms with Crippen LogP contribution in [0.3, 0.4) is 0 Å². The van der Waals surface area contributed by atoms with Gasteiger partial charge in [0.2, 0.25) is 5.91 Å². The maximum Gasteiger partial charge on any atom is 0.327 e. The Kier molecular flexibility index (Phi) is 3.99. The summed E-state index contributed by atoms with van der Waals surface area (Å²) in [5.74, 6) is 0.198. The molecular weight excluding hydrogens is 264 g/mol. The number of carbonyl (C=O) groups is 2. The van der Waals surface area contributed by atoms with Gasteiger partial charge in [0.1, 0.15) is 6.04 Å². The minimum atomic E-state index is -0.816. The summed E-state index contributed by atoms with van der Waals surface area (Å²) in [6.07, 6.45) is 0. The molecule has 0 aromatic heterocycles. The number of amides is 1. The molecule has 19 heavy (non-hydrogen) atoms. The molecule has 1 aromatic carbocycles. The fraction of sp³-hybridized carbons (Fsp3) is 0.385. The van der Waals surface area contributed by atoms with E-state index in [4.69, 9.17) is 5.73 Å². The number of hydrogen-bond acceptors (Lipinski definition) is 4. The second kappa shape index (κ2) is 5.52. The van der Waals surface area contributed by atoms with Gasteiger partial charge in [-0.15, -0.1) is 0 Å². The number of carboxylic acids is 1. The van der Waals surface area contributed by atoms with Crippen LogP contribution in [0.25, 0.3) is 0 Å². The number of primary amides is 1. The molecule has 3 N–H and O–H groups in total. The maximum absolute atomic E-state index is 11.3. The SMILES string of the molecule is Cc1cc(N2CCSCC2C(=O)O)ccc1C(N)=O. The van der Waals surface area contributed by atoms with Crippen LogP contribution in [0.1, 0.15) is 15.9 Å². The van der Waals surface area contributed by atoms with Crippen molar-refractivity contribution in [2.45, 2.75) is 13.0 Å². The number of nitrogens with zero attached hydrogens (tertiary/aromatic N) is 1. The molecule has 1 saturated heterocycles. The molecule has 5 nitrogen and oxygen atoms in total. The van der Waals surface area contributed by atoms with Crippen LogP contribution in [0.2, 0.25) is 0 Å². The van der Waals surface area contributed by atoms with E-state index in [1.807, 2.05) is 11.0 Å². The van der Waals surface area contributed by atoms with E-state index < -0.39 is 17.9 Å². The topological polar surface area (TPSA) is 83.6 Å². The molecular formula is C13H16N2O3S. The Labute approximate surface area is 115 Å². The average molecular weight is 280 g/mol. The zero-order valence-electron chi connectivity index (χ0n) is 10.6. The monoisotopic (exact) mass is 280 g/mol. The van der Waals surface area contributed by atoms with Crippen LogP contribution in [-0.2, 0) is 4.79 Å². The lowest BCUT2D eigenvalue weighted by molar-refractivity contribution is -0.138. The molecule has 2 rings (SSSR count). The molecule has 0 spiro atoms. The average Bonchev–Trinajstić information content (AvgIpc) is 2.38. The van der Waals surface area contributed by atoms with Gasteiger partial charge in [-0.05, 0) is 30.7 Å². The molecule has 1 amide bonds. The van der Waals surface area contributed by atoms with E-state index in [-0.39, 0.29) is 0 Å². The first-order valence-electron chi connectivity index (χ1n) is 5.98. The lowest BCUT2D eigenvalue weighted by atomic mass is 10.1. The lowest BCUT2D eigenvalue weighted by Crippen LogP contribution is -2.47. The summed E-state index contributed by atoms with van der Waals surface area (Å²) >= 11 is 1.65. The fourth-order valence-corrected chi connectivity index (χ4v) is 3.26. The van der Waals surface area contributed by atoms with Crippen LogP contribution >= 0.6 is 11.8 Å². The summed E-state index contributed by atoms with van der Waals surface area (Å²) in [7, 11) is 0. The first-order chi connectivity index (χ1) is 9.00. The molecule has 1 aliphatic heterocycles. The van der Waals surface area contributed by atoms with E-state index in [0.717, 1.165) is 17.0 Å². The van der Waals surface area contributed by atoms with Crippen molar-refractivity contribution in [3.05, 3.63) is 29.3 Å². The number of carbonyl (C=O) groups excluding carboxylic acids is 1. The molecule has 0 saturated carbocycles. The highest BCUT2D eigenvalue weighted by Gasteiger charge is 2.29. The second-order valence-corrected chi connectivity index (χ2v) is 5.64. The number of carboxylic acid groups (broad SMARTS) is 1. The minimum Gasteiger partial charge on any atom is -0.480 e. The van der Waals surface area contributed by atoms with Gasteiger partial charge in [0.05, 0.1) is 0 Å². The number of hydrogen-bond donors (Lipinski definition) is 2. The highest BCUT2D eigenvalue weighted by Crippen LogP contribution is 2.26. The van der Waals surface area contributed by atoms with E-state index in [2.05, 4.69) is 0 Å². The zero-order valence-corrected chi connectivity index (χ0v) is 11.4. The Bertz CT molecular complexity index is 519. The molecule has 1 fully saturated rings. The predicted octanol–water partition coefficient (Wildman–Crippen LogP) is 1.10. The first-order valence-corrected chi connectivity index (χ1v) is 7.14. The summed E-state index contributed by atoms with van der Waals surface area (Å²) in [5.41, 5.74) is 7.34. The minimum absolute atomic E-state index is 0.465. The van der Waals surface area contributed by atoms with Gasteiger partial charge in [-0.25, -0.2) is 4.79 Å². The van der Waals surface area contributed by atoms with E-state index in [1.54, 1.807) is 30.8 Å². The van der Waals surface area contributed by atoms with E-state index in [0.29, 0.717) is 17.9 Å². The number of anilines is 1. The van der Waals surface area contributed by atoms with Crippen molar-refractivity contribution in [3.63, 3.8) is 0 Å². The number of nitrogens with two attached hydrogens (primary N) is 1. The summed E-state index contributed by atoms with van der Waals surface area (Å²) in [5, 5.41) is 9.25. The summed E-state index contributed by atoms with van der Waals surface area (Å²) < 4.78 is 0. The van der Waals surface area contributed by atoms with Gasteiger partial charge in [-0.1, -0.05) is 0 Å². The summed E-state index contributed by atoms with van der Waals surface area (Å²) in [4.78, 5) is 24.3. The Balaban J connectivity index is 2.32. The molecule has 102 valence electrons. The van der Waals surface area contributed by atoms with Gasteiger partial charge in [-0.3, -0.25) is 4.79 Å². The standard InChI is InChI=1S/C13H16N2O3S/c1-8-6-9(2-3-10(8)12(14)16)15-4-5-19-7-11(15)13(17)18/h2-3,6,11H,4-5,7H2,1H3,(H2,14,16)(H,17,18). The summed E-state index contributed by atoms with van der Waals surface area (Å²) in [6.45, 7) is 2.50. The quantitative estimate of drug-likeness (QED) is 0.866. The van der Waals surface area contributed by atoms with Gasteiger partial charge in [-0.2, -0.15) is 11.8 Å². The molecule has 0 radical (unpaired) electrons. The Morgan fingerprint density at radius 1 is 1.47 bits per heavy atom. The Hall–Kier alpha value is -1.69. The molecule has 0 aliphatic carbocycles. The summed E-state index contributed by atoms with van der Waals surface area (Å²) in [6, 6.07) is 4.73. The van der Waals surface area contributed by atoms with Crippen LogP contribution in [0.5, 0.6) is 0 Å². The van der Waals surface area contributed by atoms with E-state index in [9.17, 15) is 14.7 Å². The van der Waals surface area contributed by atoms with Gasteiger partial charge < -0.3 is 15.7 Å². The van der Waals surface area contributed by atoms with E-state index in [1.165, 1.54) is 0 Å². The van der Waals surface area contributed by atoms with Crippen LogP contribution in [0, 0.1) is 6.92 Å². The molecule has 1 heterocycles. The maximum atomic E-state index is 11.3. The van der Waals surface area contributed by atoms with Crippen molar-refractivity contribution in [2.75, 3.05) is 23.0 Å². The lowest BCUT2D eigenvalue weighted by Gasteiger charge is -2.34. The highest BCUT2D eigenvalue weighted by molar-refractivity contribution is 7.99. The van der Waals surface area contributed by atoms with Gasteiger partial charge in [0, 0.05) is 29.3 Å². The third-order valence-electron chi connectivity index (χ3n) is 3.22. The fourth-order valence-electron chi connectivity index (χ4n) is 2.22. The second-order valence-electron chi connectivity index (χ2n) is 4.49. The molecule has 1 unspecified atom stereocenters. The van der Waals surface area contributed by atoms with E-state index >= 15 is 0 Å². The zero-order chi connectivity index (χ0) is 14.0. The van der Waals surface area contributed by atoms with Crippen molar-refractivity contribution in [1.29, 1.82) is 0 Å². The number of rotatable bonds is 3. The van der Waals surface area contributed by atoms with Crippen molar-refractivity contribution in [3.8, 4) is 0 Å². The number of thioether (sulfide) groups is 1. The number of aliphatic carboxylic acids is 1. The predicted molar refractivity (Wildman–Crippen MR) is 75.8 cm³/mol. The van der Waals surface area contributed by atoms with Gasteiger partial charge >= 0.3 is 5.97 Å². The smallest absolute Gasteiger partial charge is 0.327 e. The largest absolute Gasteiger partial charge is 0.480 e. The molecule has 1 aromatic rings. The number of aryl methyl sites for hydroxylation is 1. The van der Waals surface area contributed by atoms with Crippen LogP contribution < -0.4 is 10.6 Å². The van der Waals surface area contributed by atoms with Crippen LogP contribution in [0.4, 0.5) is 5.69 Å². The molecule has 1 atom stereocenters. The van der Waals surface area contributed by atoms with Crippen molar-refractivity contribution >= 4 is 29.3 Å². The molecule has 6 heteroatoms. The van der Waals surface area contributed by atoms with Gasteiger partial charge in [0.15, 0.2) is 0 Å². The van der Waals surface area contributed by atoms with Crippen LogP contribution in [-0.4, -0.2) is 41.1 Å². The normalized spacial score (nSPS) is 19.2. The van der Waals surface area contributed by atoms with Gasteiger partial charge in [0.25, 0.3) is 0 Å². The molecule has 0 bridgehead atoms. The van der Waals surface area contributed by atoms with Crippen LogP contribution in [0.15, 0.2) is 18.2 Å². The third kappa shape index (κ3) is 2.84. The Morgan fingerprint density at radius 2 is 2.21 bits per heavy atom. The highest BCUT2D eigenvalue weighted by atomic mass is 32.2. The number of benzene rings is 1. The third-order valence-corrected chi connectivity index (χ3v) is 4.24. The van der Waals surface area contributed by atoms with Crippen molar-refractivity contribution in [2.24, 2.45) is 5.73 Å². The van der Waals surface area contributed by atoms with Crippen molar-refractivity contribution < 1.29 is 14.7 Å². The first kappa shape index (κ1) is 13.7. The Morgan fingerprint density at radius 3 is 2.79 bits per heavy atom. The molecule has 1 aliphatic rings. The van der Waals surface area contributed by atoms with Crippen molar-refractivity contribution in [1.82, 2.24) is 0 Å².